The van der Waals surface area contributed by atoms with E-state index in [0.717, 1.165) is 11.3 Å². The average Bonchev–Trinajstić information content (AvgIpc) is 2.96. The van der Waals surface area contributed by atoms with Gasteiger partial charge in [-0.15, -0.1) is 0 Å². The lowest BCUT2D eigenvalue weighted by molar-refractivity contribution is -0.126. The minimum atomic E-state index is -0.318. The molecule has 1 saturated heterocycles. The van der Waals surface area contributed by atoms with Crippen LogP contribution < -0.4 is 10.2 Å². The van der Waals surface area contributed by atoms with Gasteiger partial charge in [-0.1, -0.05) is 41.9 Å². The zero-order chi connectivity index (χ0) is 16.2. The van der Waals surface area contributed by atoms with E-state index in [9.17, 15) is 9.59 Å². The number of carbonyl (C=O) groups is 2. The average molecular weight is 329 g/mol. The monoisotopic (exact) mass is 328 g/mol. The molecule has 5 heteroatoms. The van der Waals surface area contributed by atoms with Crippen molar-refractivity contribution in [2.75, 3.05) is 11.4 Å². The van der Waals surface area contributed by atoms with Crippen LogP contribution in [0.2, 0.25) is 5.02 Å². The molecule has 1 heterocycles. The first kappa shape index (κ1) is 15.6. The number of hydrogen-bond donors (Lipinski definition) is 1. The van der Waals surface area contributed by atoms with Gasteiger partial charge in [0, 0.05) is 30.2 Å². The molecule has 1 fully saturated rings. The number of nitrogens with zero attached hydrogens (tertiary/aromatic N) is 1. The zero-order valence-corrected chi connectivity index (χ0v) is 13.3. The molecule has 2 aromatic carbocycles. The van der Waals surface area contributed by atoms with Gasteiger partial charge in [0.15, 0.2) is 0 Å². The van der Waals surface area contributed by atoms with Gasteiger partial charge in [-0.2, -0.15) is 0 Å². The first-order valence-electron chi connectivity index (χ1n) is 7.51. The van der Waals surface area contributed by atoms with Gasteiger partial charge in [-0.05, 0) is 29.8 Å². The van der Waals surface area contributed by atoms with Crippen LogP contribution in [0.25, 0.3) is 0 Å². The number of amides is 2. The van der Waals surface area contributed by atoms with Gasteiger partial charge >= 0.3 is 0 Å². The molecule has 0 spiro atoms. The van der Waals surface area contributed by atoms with E-state index >= 15 is 0 Å². The summed E-state index contributed by atoms with van der Waals surface area (Å²) in [5, 5.41) is 3.53. The van der Waals surface area contributed by atoms with Crippen LogP contribution in [0.3, 0.4) is 0 Å². The van der Waals surface area contributed by atoms with Gasteiger partial charge in [0.05, 0.1) is 5.92 Å². The summed E-state index contributed by atoms with van der Waals surface area (Å²) in [5.41, 5.74) is 1.82. The Bertz CT molecular complexity index is 701. The molecule has 0 aliphatic carbocycles. The molecule has 0 radical (unpaired) electrons. The molecule has 3 rings (SSSR count). The first-order valence-corrected chi connectivity index (χ1v) is 7.89. The van der Waals surface area contributed by atoms with Crippen LogP contribution in [0.5, 0.6) is 0 Å². The Hall–Kier alpha value is -2.33. The number of rotatable bonds is 4. The number of nitrogens with one attached hydrogen (secondary N) is 1. The Morgan fingerprint density at radius 2 is 1.83 bits per heavy atom. The number of carbonyl (C=O) groups excluding carboxylic acids is 2. The molecule has 23 heavy (non-hydrogen) atoms. The molecule has 1 N–H and O–H groups in total. The smallest absolute Gasteiger partial charge is 0.227 e. The quantitative estimate of drug-likeness (QED) is 0.938. The molecule has 4 nitrogen and oxygen atoms in total. The third kappa shape index (κ3) is 3.71. The van der Waals surface area contributed by atoms with Crippen molar-refractivity contribution in [1.82, 2.24) is 5.32 Å². The molecule has 1 atom stereocenters. The highest BCUT2D eigenvalue weighted by atomic mass is 35.5. The summed E-state index contributed by atoms with van der Waals surface area (Å²) >= 11 is 5.87. The third-order valence-corrected chi connectivity index (χ3v) is 4.20. The summed E-state index contributed by atoms with van der Waals surface area (Å²) in [4.78, 5) is 26.1. The maximum Gasteiger partial charge on any atom is 0.227 e. The van der Waals surface area contributed by atoms with E-state index in [1.165, 1.54) is 0 Å². The Morgan fingerprint density at radius 1 is 1.13 bits per heavy atom. The molecule has 0 unspecified atom stereocenters. The van der Waals surface area contributed by atoms with Gasteiger partial charge < -0.3 is 10.2 Å². The highest BCUT2D eigenvalue weighted by molar-refractivity contribution is 6.30. The van der Waals surface area contributed by atoms with Crippen molar-refractivity contribution in [3.8, 4) is 0 Å². The first-order chi connectivity index (χ1) is 11.1. The summed E-state index contributed by atoms with van der Waals surface area (Å²) in [5.74, 6) is -0.437. The van der Waals surface area contributed by atoms with Crippen LogP contribution in [0.15, 0.2) is 54.6 Å². The Labute approximate surface area is 140 Å². The van der Waals surface area contributed by atoms with Crippen molar-refractivity contribution in [3.05, 3.63) is 65.2 Å². The van der Waals surface area contributed by atoms with E-state index in [4.69, 9.17) is 11.6 Å². The fraction of sp³-hybridized carbons (Fsp3) is 0.222. The number of benzene rings is 2. The number of anilines is 1. The standard InChI is InChI=1S/C18H17ClN2O2/c19-15-6-8-16(9-7-15)21-12-14(10-17(21)22)18(23)20-11-13-4-2-1-3-5-13/h1-9,14H,10-12H2,(H,20,23)/t14-/m0/s1. The van der Waals surface area contributed by atoms with Crippen molar-refractivity contribution in [2.24, 2.45) is 5.92 Å². The van der Waals surface area contributed by atoms with Crippen molar-refractivity contribution in [2.45, 2.75) is 13.0 Å². The van der Waals surface area contributed by atoms with Crippen molar-refractivity contribution in [3.63, 3.8) is 0 Å². The van der Waals surface area contributed by atoms with Gasteiger partial charge in [-0.25, -0.2) is 0 Å². The van der Waals surface area contributed by atoms with Crippen LogP contribution in [-0.2, 0) is 16.1 Å². The van der Waals surface area contributed by atoms with Crippen LogP contribution in [0, 0.1) is 5.92 Å². The molecule has 0 saturated carbocycles. The fourth-order valence-electron chi connectivity index (χ4n) is 2.68. The van der Waals surface area contributed by atoms with Crippen molar-refractivity contribution < 1.29 is 9.59 Å². The maximum absolute atomic E-state index is 12.3. The zero-order valence-electron chi connectivity index (χ0n) is 12.5. The van der Waals surface area contributed by atoms with Gasteiger partial charge in [0.2, 0.25) is 11.8 Å². The Balaban J connectivity index is 1.60. The fourth-order valence-corrected chi connectivity index (χ4v) is 2.81. The summed E-state index contributed by atoms with van der Waals surface area (Å²) in [6.07, 6.45) is 0.239. The summed E-state index contributed by atoms with van der Waals surface area (Å²) in [7, 11) is 0. The predicted octanol–water partition coefficient (Wildman–Crippen LogP) is 3.01. The molecule has 1 aliphatic rings. The minimum absolute atomic E-state index is 0.0350. The molecule has 1 aliphatic heterocycles. The Morgan fingerprint density at radius 3 is 2.52 bits per heavy atom. The maximum atomic E-state index is 12.3. The largest absolute Gasteiger partial charge is 0.352 e. The molecular weight excluding hydrogens is 312 g/mol. The highest BCUT2D eigenvalue weighted by Crippen LogP contribution is 2.26. The molecular formula is C18H17ClN2O2. The highest BCUT2D eigenvalue weighted by Gasteiger charge is 2.34. The van der Waals surface area contributed by atoms with E-state index in [-0.39, 0.29) is 24.2 Å². The van der Waals surface area contributed by atoms with Crippen molar-refractivity contribution in [1.29, 1.82) is 0 Å². The summed E-state index contributed by atoms with van der Waals surface area (Å²) in [6, 6.07) is 16.8. The molecule has 2 aromatic rings. The molecule has 0 aromatic heterocycles. The van der Waals surface area contributed by atoms with E-state index in [1.807, 2.05) is 30.3 Å². The second-order valence-corrected chi connectivity index (χ2v) is 6.02. The van der Waals surface area contributed by atoms with E-state index in [0.29, 0.717) is 18.1 Å². The molecule has 118 valence electrons. The van der Waals surface area contributed by atoms with Crippen LogP contribution in [0.1, 0.15) is 12.0 Å². The summed E-state index contributed by atoms with van der Waals surface area (Å²) < 4.78 is 0. The van der Waals surface area contributed by atoms with Gasteiger partial charge in [0.25, 0.3) is 0 Å². The summed E-state index contributed by atoms with van der Waals surface area (Å²) in [6.45, 7) is 0.881. The van der Waals surface area contributed by atoms with E-state index in [1.54, 1.807) is 29.2 Å². The topological polar surface area (TPSA) is 49.4 Å². The second-order valence-electron chi connectivity index (χ2n) is 5.59. The predicted molar refractivity (Wildman–Crippen MR) is 90.2 cm³/mol. The normalized spacial score (nSPS) is 17.3. The van der Waals surface area contributed by atoms with Gasteiger partial charge in [0.1, 0.15) is 0 Å². The lowest BCUT2D eigenvalue weighted by Gasteiger charge is -2.16. The van der Waals surface area contributed by atoms with E-state index in [2.05, 4.69) is 5.32 Å². The third-order valence-electron chi connectivity index (χ3n) is 3.94. The lowest BCUT2D eigenvalue weighted by atomic mass is 10.1. The lowest BCUT2D eigenvalue weighted by Crippen LogP contribution is -2.32. The number of hydrogen-bond acceptors (Lipinski definition) is 2. The van der Waals surface area contributed by atoms with Gasteiger partial charge in [-0.3, -0.25) is 9.59 Å². The SMILES string of the molecule is O=C(NCc1ccccc1)[C@H]1CC(=O)N(c2ccc(Cl)cc2)C1. The van der Waals surface area contributed by atoms with Crippen LogP contribution in [0.4, 0.5) is 5.69 Å². The van der Waals surface area contributed by atoms with Crippen molar-refractivity contribution >= 4 is 29.1 Å². The molecule has 2 amide bonds. The Kier molecular flexibility index (Phi) is 4.63. The minimum Gasteiger partial charge on any atom is -0.352 e. The van der Waals surface area contributed by atoms with E-state index < -0.39 is 0 Å². The number of halogens is 1. The van der Waals surface area contributed by atoms with Crippen LogP contribution in [-0.4, -0.2) is 18.4 Å². The van der Waals surface area contributed by atoms with Crippen LogP contribution >= 0.6 is 11.6 Å². The second kappa shape index (κ2) is 6.84. The molecule has 0 bridgehead atoms.